The lowest BCUT2D eigenvalue weighted by atomic mass is 9.94. The SMILES string of the molecule is CC=Nc1ccc(C(C)CCCC)cc1C. The molecule has 1 rings (SSSR count). The molecule has 1 atom stereocenters. The Morgan fingerprint density at radius 1 is 1.38 bits per heavy atom. The molecule has 0 N–H and O–H groups in total. The number of unbranched alkanes of at least 4 members (excludes halogenated alkanes) is 1. The van der Waals surface area contributed by atoms with E-state index in [9.17, 15) is 0 Å². The van der Waals surface area contributed by atoms with Crippen LogP contribution in [-0.2, 0) is 0 Å². The van der Waals surface area contributed by atoms with Gasteiger partial charge in [0.15, 0.2) is 0 Å². The minimum absolute atomic E-state index is 0.665. The predicted octanol–water partition coefficient (Wildman–Crippen LogP) is 5.01. The van der Waals surface area contributed by atoms with Gasteiger partial charge in [-0.05, 0) is 43.4 Å². The van der Waals surface area contributed by atoms with Crippen molar-refractivity contribution in [3.8, 4) is 0 Å². The maximum atomic E-state index is 4.34. The van der Waals surface area contributed by atoms with E-state index < -0.39 is 0 Å². The first-order valence-corrected chi connectivity index (χ1v) is 6.28. The van der Waals surface area contributed by atoms with Crippen LogP contribution in [-0.4, -0.2) is 6.21 Å². The summed E-state index contributed by atoms with van der Waals surface area (Å²) in [5.41, 5.74) is 3.81. The topological polar surface area (TPSA) is 12.4 Å². The van der Waals surface area contributed by atoms with Crippen LogP contribution in [0.3, 0.4) is 0 Å². The lowest BCUT2D eigenvalue weighted by molar-refractivity contribution is 0.624. The Balaban J connectivity index is 2.79. The van der Waals surface area contributed by atoms with Crippen LogP contribution < -0.4 is 0 Å². The van der Waals surface area contributed by atoms with Gasteiger partial charge in [-0.2, -0.15) is 0 Å². The third-order valence-corrected chi connectivity index (χ3v) is 3.05. The van der Waals surface area contributed by atoms with Crippen molar-refractivity contribution in [1.82, 2.24) is 0 Å². The van der Waals surface area contributed by atoms with Crippen LogP contribution >= 0.6 is 0 Å². The summed E-state index contributed by atoms with van der Waals surface area (Å²) in [6.07, 6.45) is 5.73. The Kier molecular flexibility index (Phi) is 5.24. The van der Waals surface area contributed by atoms with Crippen molar-refractivity contribution in [3.05, 3.63) is 29.3 Å². The van der Waals surface area contributed by atoms with Gasteiger partial charge in [-0.1, -0.05) is 38.8 Å². The first kappa shape index (κ1) is 13.0. The highest BCUT2D eigenvalue weighted by Gasteiger charge is 2.06. The van der Waals surface area contributed by atoms with Crippen molar-refractivity contribution in [2.24, 2.45) is 4.99 Å². The van der Waals surface area contributed by atoms with Gasteiger partial charge in [0, 0.05) is 6.21 Å². The van der Waals surface area contributed by atoms with Crippen LogP contribution in [0.15, 0.2) is 23.2 Å². The molecule has 1 aromatic rings. The normalized spacial score (nSPS) is 13.2. The first-order valence-electron chi connectivity index (χ1n) is 6.28. The van der Waals surface area contributed by atoms with Gasteiger partial charge >= 0.3 is 0 Å². The van der Waals surface area contributed by atoms with E-state index in [4.69, 9.17) is 0 Å². The summed E-state index contributed by atoms with van der Waals surface area (Å²) in [6.45, 7) is 8.65. The molecule has 0 heterocycles. The number of aliphatic imine (C=N–C) groups is 1. The molecular weight excluding hydrogens is 194 g/mol. The minimum atomic E-state index is 0.665. The minimum Gasteiger partial charge on any atom is -0.261 e. The third-order valence-electron chi connectivity index (χ3n) is 3.05. The fourth-order valence-corrected chi connectivity index (χ4v) is 1.95. The average Bonchev–Trinajstić information content (AvgIpc) is 2.29. The smallest absolute Gasteiger partial charge is 0.0654 e. The molecule has 0 amide bonds. The fraction of sp³-hybridized carbons (Fsp3) is 0.533. The Labute approximate surface area is 99.6 Å². The van der Waals surface area contributed by atoms with Crippen molar-refractivity contribution in [2.45, 2.75) is 52.9 Å². The highest BCUT2D eigenvalue weighted by molar-refractivity contribution is 5.62. The highest BCUT2D eigenvalue weighted by Crippen LogP contribution is 2.26. The van der Waals surface area contributed by atoms with Crippen molar-refractivity contribution in [1.29, 1.82) is 0 Å². The molecule has 0 saturated carbocycles. The Bertz CT molecular complexity index is 352. The number of hydrogen-bond donors (Lipinski definition) is 0. The maximum Gasteiger partial charge on any atom is 0.0654 e. The standard InChI is InChI=1S/C15H23N/c1-5-7-8-12(3)14-9-10-15(16-6-2)13(4)11-14/h6,9-12H,5,7-8H2,1-4H3. The lowest BCUT2D eigenvalue weighted by Crippen LogP contribution is -1.94. The van der Waals surface area contributed by atoms with E-state index >= 15 is 0 Å². The van der Waals surface area contributed by atoms with Gasteiger partial charge in [0.2, 0.25) is 0 Å². The second-order valence-electron chi connectivity index (χ2n) is 4.48. The second-order valence-corrected chi connectivity index (χ2v) is 4.48. The molecule has 0 aliphatic carbocycles. The van der Waals surface area contributed by atoms with Crippen LogP contribution in [0.2, 0.25) is 0 Å². The molecule has 16 heavy (non-hydrogen) atoms. The summed E-state index contributed by atoms with van der Waals surface area (Å²) in [5, 5.41) is 0. The van der Waals surface area contributed by atoms with Crippen LogP contribution in [0, 0.1) is 6.92 Å². The molecule has 0 aliphatic heterocycles. The molecular formula is C15H23N. The van der Waals surface area contributed by atoms with Crippen molar-refractivity contribution in [3.63, 3.8) is 0 Å². The quantitative estimate of drug-likeness (QED) is 0.615. The third kappa shape index (κ3) is 3.48. The van der Waals surface area contributed by atoms with Gasteiger partial charge in [-0.25, -0.2) is 0 Å². The van der Waals surface area contributed by atoms with E-state index in [-0.39, 0.29) is 0 Å². The van der Waals surface area contributed by atoms with Gasteiger partial charge in [0.25, 0.3) is 0 Å². The van der Waals surface area contributed by atoms with Crippen molar-refractivity contribution >= 4 is 11.9 Å². The predicted molar refractivity (Wildman–Crippen MR) is 72.9 cm³/mol. The largest absolute Gasteiger partial charge is 0.261 e. The monoisotopic (exact) mass is 217 g/mol. The van der Waals surface area contributed by atoms with E-state index in [1.807, 2.05) is 13.1 Å². The zero-order valence-corrected chi connectivity index (χ0v) is 11.0. The Hall–Kier alpha value is -1.11. The second kappa shape index (κ2) is 6.47. The average molecular weight is 217 g/mol. The number of aryl methyl sites for hydroxylation is 1. The lowest BCUT2D eigenvalue weighted by Gasteiger charge is -2.12. The number of benzene rings is 1. The van der Waals surface area contributed by atoms with Crippen LogP contribution in [0.5, 0.6) is 0 Å². The molecule has 0 saturated heterocycles. The molecule has 1 unspecified atom stereocenters. The maximum absolute atomic E-state index is 4.34. The summed E-state index contributed by atoms with van der Waals surface area (Å²) in [7, 11) is 0. The van der Waals surface area contributed by atoms with Gasteiger partial charge < -0.3 is 0 Å². The highest BCUT2D eigenvalue weighted by atomic mass is 14.7. The molecule has 0 aromatic heterocycles. The van der Waals surface area contributed by atoms with E-state index in [0.29, 0.717) is 5.92 Å². The number of hydrogen-bond acceptors (Lipinski definition) is 1. The van der Waals surface area contributed by atoms with Crippen LogP contribution in [0.25, 0.3) is 0 Å². The summed E-state index contributed by atoms with van der Waals surface area (Å²) in [5.74, 6) is 0.665. The molecule has 1 nitrogen and oxygen atoms in total. The van der Waals surface area contributed by atoms with Crippen molar-refractivity contribution in [2.75, 3.05) is 0 Å². The molecule has 0 spiro atoms. The summed E-state index contributed by atoms with van der Waals surface area (Å²) in [6, 6.07) is 6.63. The van der Waals surface area contributed by atoms with Crippen LogP contribution in [0.1, 0.15) is 57.1 Å². The van der Waals surface area contributed by atoms with Gasteiger partial charge in [0.1, 0.15) is 0 Å². The zero-order chi connectivity index (χ0) is 12.0. The number of nitrogens with zero attached hydrogens (tertiary/aromatic N) is 1. The summed E-state index contributed by atoms with van der Waals surface area (Å²) in [4.78, 5) is 4.34. The molecule has 0 fully saturated rings. The van der Waals surface area contributed by atoms with Crippen molar-refractivity contribution < 1.29 is 0 Å². The number of rotatable bonds is 5. The Morgan fingerprint density at radius 3 is 2.69 bits per heavy atom. The summed E-state index contributed by atoms with van der Waals surface area (Å²) >= 11 is 0. The van der Waals surface area contributed by atoms with Gasteiger partial charge in [0.05, 0.1) is 5.69 Å². The van der Waals surface area contributed by atoms with E-state index in [2.05, 4.69) is 44.0 Å². The van der Waals surface area contributed by atoms with Gasteiger partial charge in [-0.15, -0.1) is 0 Å². The zero-order valence-electron chi connectivity index (χ0n) is 11.0. The molecule has 88 valence electrons. The molecule has 1 aromatic carbocycles. The first-order chi connectivity index (χ1) is 7.69. The van der Waals surface area contributed by atoms with Gasteiger partial charge in [-0.3, -0.25) is 4.99 Å². The van der Waals surface area contributed by atoms with E-state index in [1.54, 1.807) is 0 Å². The Morgan fingerprint density at radius 2 is 2.12 bits per heavy atom. The fourth-order valence-electron chi connectivity index (χ4n) is 1.95. The molecule has 0 bridgehead atoms. The summed E-state index contributed by atoms with van der Waals surface area (Å²) < 4.78 is 0. The van der Waals surface area contributed by atoms with E-state index in [1.165, 1.54) is 30.4 Å². The molecule has 0 radical (unpaired) electrons. The van der Waals surface area contributed by atoms with Crippen LogP contribution in [0.4, 0.5) is 5.69 Å². The van der Waals surface area contributed by atoms with E-state index in [0.717, 1.165) is 5.69 Å². The molecule has 1 heteroatoms. The molecule has 0 aliphatic rings.